The fourth-order valence-corrected chi connectivity index (χ4v) is 9.78. The second-order valence-corrected chi connectivity index (χ2v) is 15.4. The summed E-state index contributed by atoms with van der Waals surface area (Å²) < 4.78 is 0. The van der Waals surface area contributed by atoms with Crippen LogP contribution in [0.3, 0.4) is 0 Å². The molecule has 3 aliphatic carbocycles. The molecule has 3 saturated carbocycles. The Labute approximate surface area is 247 Å². The number of rotatable bonds is 8. The molecule has 0 bridgehead atoms. The molecule has 0 aromatic heterocycles. The molecule has 1 nitrogen and oxygen atoms in total. The second kappa shape index (κ2) is 13.6. The van der Waals surface area contributed by atoms with Crippen molar-refractivity contribution in [1.82, 2.24) is 0 Å². The van der Waals surface area contributed by atoms with Crippen molar-refractivity contribution in [2.24, 2.45) is 46.3 Å². The smallest absolute Gasteiger partial charge is 0.119 e. The van der Waals surface area contributed by atoms with Gasteiger partial charge >= 0.3 is 0 Å². The first-order valence-corrected chi connectivity index (χ1v) is 17.3. The van der Waals surface area contributed by atoms with Gasteiger partial charge in [-0.2, -0.15) is 0 Å². The summed E-state index contributed by atoms with van der Waals surface area (Å²) in [6.07, 6.45) is 21.0. The number of phenols is 1. The fourth-order valence-electron chi connectivity index (χ4n) is 9.78. The summed E-state index contributed by atoms with van der Waals surface area (Å²) in [7, 11) is 0. The van der Waals surface area contributed by atoms with Gasteiger partial charge in [-0.3, -0.25) is 0 Å². The summed E-state index contributed by atoms with van der Waals surface area (Å²) in [6.45, 7) is 17.1. The van der Waals surface area contributed by atoms with E-state index in [1.807, 2.05) is 37.3 Å². The molecule has 2 aromatic carbocycles. The lowest BCUT2D eigenvalue weighted by atomic mass is 9.51. The van der Waals surface area contributed by atoms with Crippen molar-refractivity contribution < 1.29 is 5.11 Å². The number of hydrogen-bond acceptors (Lipinski definition) is 1. The van der Waals surface area contributed by atoms with E-state index in [2.05, 4.69) is 41.5 Å². The highest BCUT2D eigenvalue weighted by Crippen LogP contribution is 2.63. The van der Waals surface area contributed by atoms with E-state index >= 15 is 0 Å². The van der Waals surface area contributed by atoms with Gasteiger partial charge in [0.15, 0.2) is 0 Å². The Bertz CT molecular complexity index is 1030. The molecule has 2 aromatic rings. The highest BCUT2D eigenvalue weighted by atomic mass is 16.3. The van der Waals surface area contributed by atoms with Gasteiger partial charge in [-0.15, -0.1) is 0 Å². The van der Waals surface area contributed by atoms with Crippen LogP contribution in [0.4, 0.5) is 0 Å². The topological polar surface area (TPSA) is 20.2 Å². The van der Waals surface area contributed by atoms with E-state index < -0.39 is 0 Å². The van der Waals surface area contributed by atoms with Crippen LogP contribution in [0.15, 0.2) is 36.4 Å². The standard InChI is InChI=1S/C28H52.C11H10O/c1-7-11-23-14-8-9-18-27(23,5)25-17-19-28(6)24(20-25)15-16-26(28)22(4)13-10-12-21(2)3;1-8-6-9-4-2-3-5-10(9)7-11(8)12/h21-26H,7-20H2,1-6H3;2-7,12H,1H3. The van der Waals surface area contributed by atoms with Crippen LogP contribution in [0.2, 0.25) is 0 Å². The average Bonchev–Trinajstić information content (AvgIpc) is 3.27. The SMILES string of the molecule is CCCC1CCCCC1(C)C1CCC2(C)C(CCC2C(C)CCCC(C)C)C1.Cc1cc2ccccc2cc1O. The second-order valence-electron chi connectivity index (χ2n) is 15.4. The third-order valence-electron chi connectivity index (χ3n) is 12.4. The molecule has 1 N–H and O–H groups in total. The van der Waals surface area contributed by atoms with Gasteiger partial charge in [0.05, 0.1) is 0 Å². The molecule has 3 aliphatic rings. The predicted molar refractivity (Wildman–Crippen MR) is 175 cm³/mol. The lowest BCUT2D eigenvalue weighted by Gasteiger charge is -2.54. The maximum absolute atomic E-state index is 9.42. The first-order valence-electron chi connectivity index (χ1n) is 17.3. The summed E-state index contributed by atoms with van der Waals surface area (Å²) in [4.78, 5) is 0. The molecule has 0 spiro atoms. The molecule has 0 heterocycles. The maximum Gasteiger partial charge on any atom is 0.119 e. The van der Waals surface area contributed by atoms with Gasteiger partial charge in [-0.05, 0) is 127 Å². The van der Waals surface area contributed by atoms with Crippen molar-refractivity contribution in [3.05, 3.63) is 42.0 Å². The highest BCUT2D eigenvalue weighted by molar-refractivity contribution is 5.84. The lowest BCUT2D eigenvalue weighted by Crippen LogP contribution is -2.45. The van der Waals surface area contributed by atoms with Crippen LogP contribution in [-0.4, -0.2) is 5.11 Å². The van der Waals surface area contributed by atoms with Crippen LogP contribution in [0, 0.1) is 53.3 Å². The van der Waals surface area contributed by atoms with E-state index in [1.54, 1.807) is 25.3 Å². The van der Waals surface area contributed by atoms with E-state index in [4.69, 9.17) is 0 Å². The molecule has 40 heavy (non-hydrogen) atoms. The fraction of sp³-hybridized carbons (Fsp3) is 0.744. The molecule has 224 valence electrons. The van der Waals surface area contributed by atoms with E-state index in [9.17, 15) is 5.11 Å². The Morgan fingerprint density at radius 2 is 1.55 bits per heavy atom. The van der Waals surface area contributed by atoms with Crippen LogP contribution in [0.5, 0.6) is 5.75 Å². The van der Waals surface area contributed by atoms with Crippen LogP contribution in [0.1, 0.15) is 137 Å². The Balaban J connectivity index is 0.000000255. The van der Waals surface area contributed by atoms with Gasteiger partial charge in [-0.25, -0.2) is 0 Å². The van der Waals surface area contributed by atoms with Gasteiger partial charge in [0.1, 0.15) is 5.75 Å². The van der Waals surface area contributed by atoms with E-state index in [-0.39, 0.29) is 0 Å². The normalized spacial score (nSPS) is 32.9. The first-order chi connectivity index (χ1) is 19.1. The predicted octanol–water partition coefficient (Wildman–Crippen LogP) is 12.1. The number of phenolic OH excluding ortho intramolecular Hbond substituents is 1. The molecular weight excluding hydrogens is 484 g/mol. The number of benzene rings is 2. The maximum atomic E-state index is 9.42. The molecule has 5 rings (SSSR count). The van der Waals surface area contributed by atoms with Crippen molar-refractivity contribution in [3.63, 3.8) is 0 Å². The van der Waals surface area contributed by atoms with Gasteiger partial charge in [0.25, 0.3) is 0 Å². The number of fused-ring (bicyclic) bond motifs is 2. The number of hydrogen-bond donors (Lipinski definition) is 1. The lowest BCUT2D eigenvalue weighted by molar-refractivity contribution is -0.0394. The van der Waals surface area contributed by atoms with Crippen molar-refractivity contribution >= 4 is 10.8 Å². The zero-order chi connectivity index (χ0) is 28.9. The Morgan fingerprint density at radius 1 is 0.850 bits per heavy atom. The molecule has 0 radical (unpaired) electrons. The molecular formula is C39H62O. The van der Waals surface area contributed by atoms with Crippen molar-refractivity contribution in [1.29, 1.82) is 0 Å². The van der Waals surface area contributed by atoms with Crippen LogP contribution in [0.25, 0.3) is 10.8 Å². The van der Waals surface area contributed by atoms with Gasteiger partial charge in [0.2, 0.25) is 0 Å². The Kier molecular flexibility index (Phi) is 10.7. The molecule has 0 aliphatic heterocycles. The van der Waals surface area contributed by atoms with Crippen molar-refractivity contribution in [2.75, 3.05) is 0 Å². The summed E-state index contributed by atoms with van der Waals surface area (Å²) in [5.41, 5.74) is 2.25. The third-order valence-corrected chi connectivity index (χ3v) is 12.4. The van der Waals surface area contributed by atoms with Gasteiger partial charge in [0, 0.05) is 0 Å². The first kappa shape index (κ1) is 31.4. The zero-order valence-corrected chi connectivity index (χ0v) is 27.3. The van der Waals surface area contributed by atoms with Crippen LogP contribution < -0.4 is 0 Å². The monoisotopic (exact) mass is 546 g/mol. The van der Waals surface area contributed by atoms with E-state index in [0.717, 1.165) is 46.5 Å². The third kappa shape index (κ3) is 6.93. The molecule has 0 amide bonds. The summed E-state index contributed by atoms with van der Waals surface area (Å²) in [5.74, 6) is 6.28. The van der Waals surface area contributed by atoms with Crippen molar-refractivity contribution in [3.8, 4) is 5.75 Å². The minimum absolute atomic E-state index is 0.369. The Hall–Kier alpha value is -1.50. The van der Waals surface area contributed by atoms with Gasteiger partial charge < -0.3 is 5.11 Å². The molecule has 1 heteroatoms. The van der Waals surface area contributed by atoms with Crippen LogP contribution >= 0.6 is 0 Å². The number of aromatic hydroxyl groups is 1. The summed E-state index contributed by atoms with van der Waals surface area (Å²) in [5, 5.41) is 11.7. The minimum Gasteiger partial charge on any atom is -0.508 e. The van der Waals surface area contributed by atoms with E-state index in [0.29, 0.717) is 16.6 Å². The highest BCUT2D eigenvalue weighted by Gasteiger charge is 2.54. The Morgan fingerprint density at radius 3 is 2.25 bits per heavy atom. The van der Waals surface area contributed by atoms with E-state index in [1.165, 1.54) is 76.0 Å². The molecule has 0 saturated heterocycles. The summed E-state index contributed by atoms with van der Waals surface area (Å²) >= 11 is 0. The largest absolute Gasteiger partial charge is 0.508 e. The molecule has 7 atom stereocenters. The zero-order valence-electron chi connectivity index (χ0n) is 27.3. The van der Waals surface area contributed by atoms with Gasteiger partial charge in [-0.1, -0.05) is 111 Å². The van der Waals surface area contributed by atoms with Crippen LogP contribution in [-0.2, 0) is 0 Å². The number of aryl methyl sites for hydroxylation is 1. The van der Waals surface area contributed by atoms with Crippen molar-refractivity contribution in [2.45, 2.75) is 138 Å². The average molecular weight is 547 g/mol. The minimum atomic E-state index is 0.369. The molecule has 7 unspecified atom stereocenters. The quantitative estimate of drug-likeness (QED) is 0.349. The molecule has 3 fully saturated rings. The summed E-state index contributed by atoms with van der Waals surface area (Å²) in [6, 6.07) is 11.8.